The number of aryl methyl sites for hydroxylation is 4. The molecule has 0 saturated heterocycles. The Bertz CT molecular complexity index is 3800. The van der Waals surface area contributed by atoms with Gasteiger partial charge in [-0.15, -0.1) is 0 Å². The van der Waals surface area contributed by atoms with E-state index in [9.17, 15) is 0 Å². The summed E-state index contributed by atoms with van der Waals surface area (Å²) >= 11 is 0. The van der Waals surface area contributed by atoms with Crippen LogP contribution in [0.3, 0.4) is 0 Å². The van der Waals surface area contributed by atoms with E-state index in [2.05, 4.69) is 210 Å². The zero-order chi connectivity index (χ0) is 46.4. The van der Waals surface area contributed by atoms with Crippen LogP contribution in [0.15, 0.2) is 207 Å². The van der Waals surface area contributed by atoms with Crippen LogP contribution in [0.25, 0.3) is 99.5 Å². The second-order valence-corrected chi connectivity index (χ2v) is 18.8. The van der Waals surface area contributed by atoms with Gasteiger partial charge in [-0.3, -0.25) is 9.97 Å². The summed E-state index contributed by atoms with van der Waals surface area (Å²) in [6.45, 7) is 9.10. The first-order valence-corrected chi connectivity index (χ1v) is 23.8. The first-order valence-electron chi connectivity index (χ1n) is 23.8. The van der Waals surface area contributed by atoms with E-state index in [-0.39, 0.29) is 0 Å². The third-order valence-corrected chi connectivity index (χ3v) is 14.7. The van der Waals surface area contributed by atoms with Crippen molar-refractivity contribution in [1.29, 1.82) is 0 Å². The molecule has 8 aromatic carbocycles. The predicted octanol–water partition coefficient (Wildman–Crippen LogP) is 16.1. The molecule has 13 rings (SSSR count). The fourth-order valence-corrected chi connectivity index (χ4v) is 11.4. The first kappa shape index (κ1) is 40.7. The van der Waals surface area contributed by atoms with Gasteiger partial charge in [-0.25, -0.2) is 9.97 Å². The average Bonchev–Trinajstić information content (AvgIpc) is 3.69. The Hall–Kier alpha value is -8.60. The fourth-order valence-electron chi connectivity index (χ4n) is 11.4. The maximum Gasteiger partial charge on any atom is 0.0972 e. The Morgan fingerprint density at radius 1 is 0.290 bits per heavy atom. The molecule has 0 amide bonds. The normalized spacial score (nSPS) is 12.8. The number of aromatic nitrogens is 4. The molecule has 4 nitrogen and oxygen atoms in total. The summed E-state index contributed by atoms with van der Waals surface area (Å²) in [5.74, 6) is 0. The van der Waals surface area contributed by atoms with Gasteiger partial charge in [-0.05, 0) is 154 Å². The molecular weight excluding hydrogens is 837 g/mol. The number of fused-ring (bicyclic) bond motifs is 9. The molecule has 0 N–H and O–H groups in total. The van der Waals surface area contributed by atoms with Gasteiger partial charge in [0, 0.05) is 45.1 Å². The Morgan fingerprint density at radius 2 is 0.696 bits per heavy atom. The van der Waals surface area contributed by atoms with Crippen LogP contribution in [-0.2, 0) is 5.41 Å². The second kappa shape index (κ2) is 15.8. The number of rotatable bonds is 6. The standard InChI is InChI=1S/C65H46N4/c1-39-35-55(41(3)33-53(39)59-29-25-47-21-19-45-17-11-31-66-61(45)63(47)68-59)65(56-36-40(2)54(34-42(56)4)60-30-26-48-22-20-46-18-12-32-67-62(46)64(48)69-60)57-37-49(43-13-7-5-8-14-43)23-27-51(57)52-28-24-50(38-58(52)65)44-15-9-6-10-16-44/h5-38H,1-4H3. The van der Waals surface area contributed by atoms with Crippen molar-refractivity contribution < 1.29 is 0 Å². The molecule has 0 atom stereocenters. The number of hydrogen-bond donors (Lipinski definition) is 0. The van der Waals surface area contributed by atoms with Crippen LogP contribution in [0.5, 0.6) is 0 Å². The van der Waals surface area contributed by atoms with Crippen molar-refractivity contribution in [1.82, 2.24) is 19.9 Å². The zero-order valence-electron chi connectivity index (χ0n) is 38.9. The monoisotopic (exact) mass is 882 g/mol. The molecule has 4 heterocycles. The fraction of sp³-hybridized carbons (Fsp3) is 0.0769. The topological polar surface area (TPSA) is 51.6 Å². The molecule has 12 aromatic rings. The molecule has 0 aliphatic heterocycles. The largest absolute Gasteiger partial charge is 0.254 e. The molecule has 0 radical (unpaired) electrons. The minimum Gasteiger partial charge on any atom is -0.254 e. The van der Waals surface area contributed by atoms with E-state index < -0.39 is 5.41 Å². The summed E-state index contributed by atoms with van der Waals surface area (Å²) in [6.07, 6.45) is 3.72. The van der Waals surface area contributed by atoms with E-state index >= 15 is 0 Å². The SMILES string of the molecule is Cc1cc(C2(c3cc(C)c(-c4ccc5ccc6cccnc6c5n4)cc3C)c3cc(-c4ccccc4)ccc3-c3ccc(-c4ccccc4)cc32)c(C)cc1-c1ccc2ccc3cccnc3c2n1. The Labute approximate surface area is 401 Å². The molecule has 326 valence electrons. The van der Waals surface area contributed by atoms with E-state index in [0.29, 0.717) is 0 Å². The van der Waals surface area contributed by atoms with Crippen LogP contribution >= 0.6 is 0 Å². The summed E-state index contributed by atoms with van der Waals surface area (Å²) in [7, 11) is 0. The van der Waals surface area contributed by atoms with Gasteiger partial charge in [0.2, 0.25) is 0 Å². The van der Waals surface area contributed by atoms with Crippen molar-refractivity contribution in [2.75, 3.05) is 0 Å². The molecule has 1 aliphatic rings. The molecule has 0 bridgehead atoms. The van der Waals surface area contributed by atoms with Crippen LogP contribution in [0, 0.1) is 27.7 Å². The van der Waals surface area contributed by atoms with E-state index in [1.807, 2.05) is 24.5 Å². The molecule has 69 heavy (non-hydrogen) atoms. The van der Waals surface area contributed by atoms with Gasteiger partial charge in [0.25, 0.3) is 0 Å². The highest BCUT2D eigenvalue weighted by molar-refractivity contribution is 6.04. The van der Waals surface area contributed by atoms with E-state index in [4.69, 9.17) is 19.9 Å². The highest BCUT2D eigenvalue weighted by Gasteiger charge is 2.48. The molecule has 0 unspecified atom stereocenters. The molecule has 4 aromatic heterocycles. The lowest BCUT2D eigenvalue weighted by Crippen LogP contribution is -2.31. The maximum absolute atomic E-state index is 5.37. The lowest BCUT2D eigenvalue weighted by Gasteiger charge is -2.38. The summed E-state index contributed by atoms with van der Waals surface area (Å²) in [5.41, 5.74) is 24.1. The molecule has 4 heteroatoms. The van der Waals surface area contributed by atoms with Gasteiger partial charge in [0.15, 0.2) is 0 Å². The summed E-state index contributed by atoms with van der Waals surface area (Å²) < 4.78 is 0. The van der Waals surface area contributed by atoms with Gasteiger partial charge in [0.1, 0.15) is 0 Å². The highest BCUT2D eigenvalue weighted by atomic mass is 14.8. The van der Waals surface area contributed by atoms with Crippen LogP contribution in [0.2, 0.25) is 0 Å². The van der Waals surface area contributed by atoms with Crippen molar-refractivity contribution in [3.05, 3.63) is 251 Å². The predicted molar refractivity (Wildman–Crippen MR) is 286 cm³/mol. The van der Waals surface area contributed by atoms with Gasteiger partial charge >= 0.3 is 0 Å². The zero-order valence-corrected chi connectivity index (χ0v) is 38.9. The minimum absolute atomic E-state index is 0.713. The molecule has 0 fully saturated rings. The number of pyridine rings is 4. The van der Waals surface area contributed by atoms with Crippen LogP contribution in [0.1, 0.15) is 44.5 Å². The van der Waals surface area contributed by atoms with Crippen molar-refractivity contribution >= 4 is 43.6 Å². The van der Waals surface area contributed by atoms with E-state index in [0.717, 1.165) is 77.3 Å². The van der Waals surface area contributed by atoms with Crippen molar-refractivity contribution in [3.63, 3.8) is 0 Å². The average molecular weight is 883 g/mol. The van der Waals surface area contributed by atoms with Gasteiger partial charge < -0.3 is 0 Å². The van der Waals surface area contributed by atoms with Crippen LogP contribution < -0.4 is 0 Å². The van der Waals surface area contributed by atoms with Crippen LogP contribution in [-0.4, -0.2) is 19.9 Å². The third kappa shape index (κ3) is 6.36. The van der Waals surface area contributed by atoms with Gasteiger partial charge in [-0.2, -0.15) is 0 Å². The lowest BCUT2D eigenvalue weighted by molar-refractivity contribution is 0.752. The van der Waals surface area contributed by atoms with Gasteiger partial charge in [-0.1, -0.05) is 146 Å². The summed E-state index contributed by atoms with van der Waals surface area (Å²) in [4.78, 5) is 20.3. The first-order chi connectivity index (χ1) is 33.8. The maximum atomic E-state index is 5.37. The second-order valence-electron chi connectivity index (χ2n) is 18.8. The molecular formula is C65H46N4. The smallest absolute Gasteiger partial charge is 0.0972 e. The molecule has 0 saturated carbocycles. The van der Waals surface area contributed by atoms with Crippen LogP contribution in [0.4, 0.5) is 0 Å². The Balaban J connectivity index is 1.09. The Morgan fingerprint density at radius 3 is 1.13 bits per heavy atom. The van der Waals surface area contributed by atoms with Crippen molar-refractivity contribution in [2.45, 2.75) is 33.1 Å². The summed E-state index contributed by atoms with van der Waals surface area (Å²) in [5, 5.41) is 4.33. The van der Waals surface area contributed by atoms with E-state index in [1.54, 1.807) is 0 Å². The van der Waals surface area contributed by atoms with Gasteiger partial charge in [0.05, 0.1) is 38.9 Å². The lowest BCUT2D eigenvalue weighted by atomic mass is 9.64. The minimum atomic E-state index is -0.713. The summed E-state index contributed by atoms with van der Waals surface area (Å²) in [6, 6.07) is 71.0. The number of nitrogens with zero attached hydrogens (tertiary/aromatic N) is 4. The van der Waals surface area contributed by atoms with Crippen molar-refractivity contribution in [3.8, 4) is 55.9 Å². The molecule has 1 aliphatic carbocycles. The van der Waals surface area contributed by atoms with E-state index in [1.165, 1.54) is 66.8 Å². The quantitative estimate of drug-likeness (QED) is 0.156. The Kier molecular flexibility index (Phi) is 9.28. The third-order valence-electron chi connectivity index (χ3n) is 14.7. The highest BCUT2D eigenvalue weighted by Crippen LogP contribution is 2.59. The van der Waals surface area contributed by atoms with Crippen molar-refractivity contribution in [2.24, 2.45) is 0 Å². The number of benzene rings is 8. The molecule has 0 spiro atoms. The number of hydrogen-bond acceptors (Lipinski definition) is 4.